The van der Waals surface area contributed by atoms with E-state index in [2.05, 4.69) is 31.5 Å². The molecule has 37 heavy (non-hydrogen) atoms. The van der Waals surface area contributed by atoms with Crippen LogP contribution in [0.4, 0.5) is 11.4 Å². The van der Waals surface area contributed by atoms with Crippen molar-refractivity contribution in [2.45, 2.75) is 43.7 Å². The Labute approximate surface area is 223 Å². The number of halogens is 1. The summed E-state index contributed by atoms with van der Waals surface area (Å²) in [6.07, 6.45) is 1.61. The molecular formula is C30H26BrN3O3. The van der Waals surface area contributed by atoms with Crippen molar-refractivity contribution < 1.29 is 14.4 Å². The third-order valence-corrected chi connectivity index (χ3v) is 9.74. The fourth-order valence-corrected chi connectivity index (χ4v) is 7.95. The van der Waals surface area contributed by atoms with E-state index in [9.17, 15) is 14.4 Å². The zero-order valence-electron chi connectivity index (χ0n) is 20.6. The zero-order valence-corrected chi connectivity index (χ0v) is 22.2. The second-order valence-electron chi connectivity index (χ2n) is 10.7. The molecule has 2 saturated heterocycles. The number of nitrogens with one attached hydrogen (secondary N) is 2. The number of hydrogen-bond donors (Lipinski definition) is 2. The van der Waals surface area contributed by atoms with Crippen LogP contribution in [0.1, 0.15) is 45.5 Å². The predicted molar refractivity (Wildman–Crippen MR) is 145 cm³/mol. The first-order valence-corrected chi connectivity index (χ1v) is 13.5. The normalized spacial score (nSPS) is 29.4. The van der Waals surface area contributed by atoms with Crippen LogP contribution in [0.5, 0.6) is 0 Å². The van der Waals surface area contributed by atoms with Crippen LogP contribution in [0.15, 0.2) is 65.1 Å². The molecule has 2 N–H and O–H groups in total. The highest BCUT2D eigenvalue weighted by atomic mass is 79.9. The summed E-state index contributed by atoms with van der Waals surface area (Å²) in [5.74, 6) is -1.32. The topological polar surface area (TPSA) is 78.5 Å². The Balaban J connectivity index is 1.59. The number of benzene rings is 3. The van der Waals surface area contributed by atoms with Crippen molar-refractivity contribution in [1.82, 2.24) is 4.90 Å². The van der Waals surface area contributed by atoms with Crippen LogP contribution < -0.4 is 10.6 Å². The molecule has 2 spiro atoms. The zero-order chi connectivity index (χ0) is 25.7. The maximum absolute atomic E-state index is 14.5. The highest BCUT2D eigenvalue weighted by molar-refractivity contribution is 9.10. The first-order chi connectivity index (χ1) is 17.8. The van der Waals surface area contributed by atoms with Gasteiger partial charge in [0, 0.05) is 33.0 Å². The van der Waals surface area contributed by atoms with Gasteiger partial charge in [0.15, 0.2) is 5.78 Å². The molecule has 3 aromatic rings. The molecule has 7 rings (SSSR count). The lowest BCUT2D eigenvalue weighted by Crippen LogP contribution is -2.62. The number of fused-ring (bicyclic) bond motifs is 7. The number of para-hydroxylation sites is 1. The van der Waals surface area contributed by atoms with Gasteiger partial charge in [-0.2, -0.15) is 0 Å². The standard InChI is InChI=1S/C30H26BrN3O3/c1-16-9-14-21-25(17(16)2)33-28(37)30(21)29(20-6-3-4-7-22(20)32-27(29)36)24(23-8-5-15-34(23)30)26(35)18-10-12-19(31)13-11-18/h3-4,6-7,9-14,23-24H,5,8,15H2,1-2H3,(H,32,36)(H,33,37)/t23-,24+,29+,30+/m1/s1. The number of hydrogen-bond acceptors (Lipinski definition) is 4. The smallest absolute Gasteiger partial charge is 0.251 e. The van der Waals surface area contributed by atoms with Gasteiger partial charge in [-0.1, -0.05) is 58.4 Å². The molecule has 6 nitrogen and oxygen atoms in total. The summed E-state index contributed by atoms with van der Waals surface area (Å²) >= 11 is 3.46. The third-order valence-electron chi connectivity index (χ3n) is 9.21. The lowest BCUT2D eigenvalue weighted by atomic mass is 9.57. The van der Waals surface area contributed by atoms with Crippen molar-refractivity contribution in [1.29, 1.82) is 0 Å². The summed E-state index contributed by atoms with van der Waals surface area (Å²) in [6.45, 7) is 4.67. The second-order valence-corrected chi connectivity index (χ2v) is 11.6. The molecule has 0 saturated carbocycles. The van der Waals surface area contributed by atoms with Gasteiger partial charge in [-0.25, -0.2) is 0 Å². The van der Waals surface area contributed by atoms with E-state index in [4.69, 9.17) is 0 Å². The number of ketones is 1. The highest BCUT2D eigenvalue weighted by Gasteiger charge is 2.81. The van der Waals surface area contributed by atoms with Gasteiger partial charge < -0.3 is 10.6 Å². The molecule has 4 atom stereocenters. The first-order valence-electron chi connectivity index (χ1n) is 12.7. The Morgan fingerprint density at radius 3 is 2.49 bits per heavy atom. The van der Waals surface area contributed by atoms with Crippen LogP contribution in [0.2, 0.25) is 0 Å². The lowest BCUT2D eigenvalue weighted by molar-refractivity contribution is -0.137. The molecule has 3 aromatic carbocycles. The average molecular weight is 556 g/mol. The molecule has 0 bridgehead atoms. The van der Waals surface area contributed by atoms with Gasteiger partial charge in [-0.3, -0.25) is 19.3 Å². The molecule has 186 valence electrons. The average Bonchev–Trinajstić information content (AvgIpc) is 3.61. The number of nitrogens with zero attached hydrogens (tertiary/aromatic N) is 1. The summed E-state index contributed by atoms with van der Waals surface area (Å²) in [5.41, 5.74) is 2.84. The Kier molecular flexibility index (Phi) is 4.71. The predicted octanol–water partition coefficient (Wildman–Crippen LogP) is 5.08. The molecule has 2 fully saturated rings. The van der Waals surface area contributed by atoms with Crippen LogP contribution in [0.25, 0.3) is 0 Å². The molecule has 7 heteroatoms. The minimum absolute atomic E-state index is 0.0989. The Bertz CT molecular complexity index is 1530. The van der Waals surface area contributed by atoms with Gasteiger partial charge in [-0.15, -0.1) is 0 Å². The number of carbonyl (C=O) groups excluding carboxylic acids is 3. The lowest BCUT2D eigenvalue weighted by Gasteiger charge is -2.43. The van der Waals surface area contributed by atoms with Gasteiger partial charge in [0.2, 0.25) is 5.91 Å². The fraction of sp³-hybridized carbons (Fsp3) is 0.300. The number of Topliss-reactive ketones (excluding diaryl/α,β-unsaturated/α-hetero) is 1. The Morgan fingerprint density at radius 1 is 0.946 bits per heavy atom. The van der Waals surface area contributed by atoms with Crippen LogP contribution in [-0.4, -0.2) is 35.1 Å². The molecule has 4 aliphatic rings. The van der Waals surface area contributed by atoms with E-state index in [1.165, 1.54) is 0 Å². The SMILES string of the molecule is Cc1ccc2c(c1C)NC(=O)[C@@]21N2CCC[C@@H]2[C@@H](C(=O)c2ccc(Br)cc2)[C@@]12C(=O)Nc1ccccc12. The Hall–Kier alpha value is -3.29. The Morgan fingerprint density at radius 2 is 1.70 bits per heavy atom. The summed E-state index contributed by atoms with van der Waals surface area (Å²) < 4.78 is 0.878. The van der Waals surface area contributed by atoms with Gasteiger partial charge in [-0.05, 0) is 68.1 Å². The van der Waals surface area contributed by atoms with Gasteiger partial charge in [0.1, 0.15) is 11.0 Å². The molecule has 0 aliphatic carbocycles. The molecular weight excluding hydrogens is 530 g/mol. The second kappa shape index (κ2) is 7.62. The minimum Gasteiger partial charge on any atom is -0.325 e. The molecule has 4 heterocycles. The number of aryl methyl sites for hydroxylation is 1. The highest BCUT2D eigenvalue weighted by Crippen LogP contribution is 2.68. The summed E-state index contributed by atoms with van der Waals surface area (Å²) in [6, 6.07) is 18.7. The molecule has 0 aromatic heterocycles. The molecule has 0 radical (unpaired) electrons. The van der Waals surface area contributed by atoms with Crippen molar-refractivity contribution in [3.8, 4) is 0 Å². The number of rotatable bonds is 2. The van der Waals surface area contributed by atoms with Crippen LogP contribution >= 0.6 is 15.9 Å². The maximum Gasteiger partial charge on any atom is 0.251 e. The largest absolute Gasteiger partial charge is 0.325 e. The summed E-state index contributed by atoms with van der Waals surface area (Å²) in [4.78, 5) is 45.7. The van der Waals surface area contributed by atoms with E-state index in [1.807, 2.05) is 62.4 Å². The van der Waals surface area contributed by atoms with E-state index in [0.717, 1.165) is 45.3 Å². The van der Waals surface area contributed by atoms with Crippen molar-refractivity contribution >= 4 is 44.9 Å². The first kappa shape index (κ1) is 22.9. The van der Waals surface area contributed by atoms with E-state index in [-0.39, 0.29) is 23.6 Å². The van der Waals surface area contributed by atoms with Gasteiger partial charge in [0.25, 0.3) is 5.91 Å². The molecule has 4 aliphatic heterocycles. The summed E-state index contributed by atoms with van der Waals surface area (Å²) in [7, 11) is 0. The van der Waals surface area contributed by atoms with Crippen LogP contribution in [-0.2, 0) is 20.5 Å². The van der Waals surface area contributed by atoms with E-state index in [0.29, 0.717) is 17.8 Å². The van der Waals surface area contributed by atoms with Crippen LogP contribution in [0.3, 0.4) is 0 Å². The maximum atomic E-state index is 14.5. The number of carbonyl (C=O) groups is 3. The molecule has 0 unspecified atom stereocenters. The fourth-order valence-electron chi connectivity index (χ4n) is 7.69. The van der Waals surface area contributed by atoms with Gasteiger partial charge >= 0.3 is 0 Å². The number of anilines is 2. The van der Waals surface area contributed by atoms with E-state index in [1.54, 1.807) is 12.1 Å². The quantitative estimate of drug-likeness (QED) is 0.432. The van der Waals surface area contributed by atoms with Crippen molar-refractivity contribution in [3.05, 3.63) is 93.0 Å². The summed E-state index contributed by atoms with van der Waals surface area (Å²) in [5, 5.41) is 6.27. The van der Waals surface area contributed by atoms with Crippen molar-refractivity contribution in [2.75, 3.05) is 17.2 Å². The third kappa shape index (κ3) is 2.56. The monoisotopic (exact) mass is 555 g/mol. The van der Waals surface area contributed by atoms with E-state index < -0.39 is 16.9 Å². The minimum atomic E-state index is -1.41. The van der Waals surface area contributed by atoms with Crippen molar-refractivity contribution in [3.63, 3.8) is 0 Å². The van der Waals surface area contributed by atoms with E-state index >= 15 is 0 Å². The number of amides is 2. The van der Waals surface area contributed by atoms with Gasteiger partial charge in [0.05, 0.1) is 5.92 Å². The van der Waals surface area contributed by atoms with Crippen molar-refractivity contribution in [2.24, 2.45) is 5.92 Å². The van der Waals surface area contributed by atoms with Crippen LogP contribution in [0, 0.1) is 19.8 Å². The molecule has 2 amide bonds.